The summed E-state index contributed by atoms with van der Waals surface area (Å²) in [5, 5.41) is 12.6. The first-order chi connectivity index (χ1) is 30.7. The summed E-state index contributed by atoms with van der Waals surface area (Å²) < 4.78 is 4.90. The zero-order valence-corrected chi connectivity index (χ0v) is 39.4. The predicted octanol–water partition coefficient (Wildman–Crippen LogP) is 9.60. The summed E-state index contributed by atoms with van der Waals surface area (Å²) in [6.45, 7) is 17.9. The lowest BCUT2D eigenvalue weighted by molar-refractivity contribution is 0.0689. The molecule has 4 aromatic heterocycles. The molecule has 0 radical (unpaired) electrons. The molecular formula is C51H64N8O2S2. The van der Waals surface area contributed by atoms with Gasteiger partial charge in [0.25, 0.3) is 11.8 Å². The number of piperidine rings is 2. The zero-order valence-electron chi connectivity index (χ0n) is 37.8. The fraction of sp³-hybridized carbons (Fsp3) is 0.529. The Kier molecular flexibility index (Phi) is 12.3. The monoisotopic (exact) mass is 884 g/mol. The SMILES string of the molecule is Cc1nc(Cn2c3c(c4cc(C(=O)N5CCC(C)CC5)ccc42)CN(C2CCCC2)CC3)cs1.Cc1nc(Cn2c3c(c4cc(C(=O)N5CCC(C)CC5)ccc42)CNCC3)cs1. The number of carbonyl (C=O) groups is 2. The number of carbonyl (C=O) groups excluding carboxylic acids is 2. The summed E-state index contributed by atoms with van der Waals surface area (Å²) in [7, 11) is 0. The van der Waals surface area contributed by atoms with E-state index in [0.717, 1.165) is 154 Å². The maximum Gasteiger partial charge on any atom is 0.253 e. The van der Waals surface area contributed by atoms with Crippen LogP contribution in [0.25, 0.3) is 21.8 Å². The minimum absolute atomic E-state index is 0.180. The van der Waals surface area contributed by atoms with Crippen molar-refractivity contribution in [3.63, 3.8) is 0 Å². The van der Waals surface area contributed by atoms with Crippen LogP contribution in [0.1, 0.15) is 130 Å². The molecule has 0 unspecified atom stereocenters. The second-order valence-electron chi connectivity index (χ2n) is 19.2. The predicted molar refractivity (Wildman–Crippen MR) is 256 cm³/mol. The number of fused-ring (bicyclic) bond motifs is 6. The second kappa shape index (κ2) is 18.3. The van der Waals surface area contributed by atoms with Gasteiger partial charge in [-0.15, -0.1) is 22.7 Å². The lowest BCUT2D eigenvalue weighted by Gasteiger charge is -2.33. The van der Waals surface area contributed by atoms with Crippen LogP contribution in [0.2, 0.25) is 0 Å². The van der Waals surface area contributed by atoms with E-state index < -0.39 is 0 Å². The Morgan fingerprint density at radius 2 is 1.17 bits per heavy atom. The van der Waals surface area contributed by atoms with Gasteiger partial charge in [-0.3, -0.25) is 14.5 Å². The van der Waals surface area contributed by atoms with Crippen molar-refractivity contribution in [1.82, 2.24) is 39.1 Å². The summed E-state index contributed by atoms with van der Waals surface area (Å²) in [5.41, 5.74) is 12.0. The zero-order chi connectivity index (χ0) is 43.2. The summed E-state index contributed by atoms with van der Waals surface area (Å²) in [4.78, 5) is 42.7. The second-order valence-corrected chi connectivity index (χ2v) is 21.4. The standard InChI is InChI=1S/C28H36N4OS.C23H28N4OS/c1-19-9-12-30(13-10-19)28(33)21-7-8-26-24(15-21)25-17-31(23-5-3-4-6-23)14-11-27(25)32(26)16-22-18-34-20(2)29-22;1-15-6-9-26(10-7-15)23(28)17-3-4-21-19(11-17)20-12-24-8-5-22(20)27(21)13-18-14-29-16(2)25-18/h7-8,15,18-19,23H,3-6,9-14,16-17H2,1-2H3;3-4,11,14-15,24H,5-10,12-13H2,1-2H3. The topological polar surface area (TPSA) is 91.5 Å². The molecule has 3 fully saturated rings. The molecule has 1 aliphatic carbocycles. The highest BCUT2D eigenvalue weighted by Gasteiger charge is 2.31. The smallest absolute Gasteiger partial charge is 0.253 e. The van der Waals surface area contributed by atoms with Gasteiger partial charge >= 0.3 is 0 Å². The van der Waals surface area contributed by atoms with Gasteiger partial charge < -0.3 is 24.3 Å². The van der Waals surface area contributed by atoms with Gasteiger partial charge in [0.1, 0.15) is 0 Å². The van der Waals surface area contributed by atoms with E-state index in [2.05, 4.69) is 98.0 Å². The molecule has 5 aliphatic rings. The molecule has 4 aliphatic heterocycles. The first-order valence-electron chi connectivity index (χ1n) is 23.8. The first kappa shape index (κ1) is 42.6. The van der Waals surface area contributed by atoms with Gasteiger partial charge in [-0.25, -0.2) is 9.97 Å². The van der Waals surface area contributed by atoms with Crippen molar-refractivity contribution in [2.45, 2.75) is 124 Å². The van der Waals surface area contributed by atoms with Crippen LogP contribution in [-0.2, 0) is 39.0 Å². The molecule has 10 nitrogen and oxygen atoms in total. The third kappa shape index (κ3) is 8.77. The largest absolute Gasteiger partial charge is 0.339 e. The van der Waals surface area contributed by atoms with Crippen molar-refractivity contribution < 1.29 is 9.59 Å². The number of aromatic nitrogens is 4. The Morgan fingerprint density at radius 1 is 0.667 bits per heavy atom. The molecular weight excluding hydrogens is 821 g/mol. The van der Waals surface area contributed by atoms with Crippen molar-refractivity contribution in [3.05, 3.63) is 102 Å². The van der Waals surface area contributed by atoms with E-state index >= 15 is 0 Å². The number of amides is 2. The van der Waals surface area contributed by atoms with E-state index in [9.17, 15) is 9.59 Å². The number of rotatable bonds is 7. The van der Waals surface area contributed by atoms with Crippen LogP contribution in [0.4, 0.5) is 0 Å². The highest BCUT2D eigenvalue weighted by atomic mass is 32.1. The molecule has 0 spiro atoms. The van der Waals surface area contributed by atoms with Gasteiger partial charge in [-0.05, 0) is 112 Å². The normalized spacial score (nSPS) is 19.1. The molecule has 0 atom stereocenters. The molecule has 1 N–H and O–H groups in total. The minimum atomic E-state index is 0.180. The number of benzene rings is 2. The number of likely N-dealkylation sites (tertiary alicyclic amines) is 2. The van der Waals surface area contributed by atoms with Gasteiger partial charge in [-0.1, -0.05) is 26.7 Å². The molecule has 6 aromatic rings. The van der Waals surface area contributed by atoms with Crippen LogP contribution in [0.5, 0.6) is 0 Å². The van der Waals surface area contributed by atoms with Crippen LogP contribution in [0, 0.1) is 25.7 Å². The molecule has 8 heterocycles. The quantitative estimate of drug-likeness (QED) is 0.172. The maximum atomic E-state index is 13.4. The number of nitrogens with one attached hydrogen (secondary N) is 1. The third-order valence-corrected chi connectivity index (χ3v) is 16.5. The number of hydrogen-bond donors (Lipinski definition) is 1. The molecule has 2 saturated heterocycles. The van der Waals surface area contributed by atoms with Crippen molar-refractivity contribution in [2.75, 3.05) is 39.3 Å². The van der Waals surface area contributed by atoms with E-state index in [1.807, 2.05) is 11.0 Å². The molecule has 11 rings (SSSR count). The third-order valence-electron chi connectivity index (χ3n) is 14.9. The summed E-state index contributed by atoms with van der Waals surface area (Å²) in [5.74, 6) is 1.83. The average molecular weight is 885 g/mol. The van der Waals surface area contributed by atoms with Gasteiger partial charge in [0.2, 0.25) is 0 Å². The lowest BCUT2D eigenvalue weighted by Crippen LogP contribution is -2.38. The Hall–Kier alpha value is -4.36. The average Bonchev–Trinajstić information content (AvgIpc) is 4.17. The summed E-state index contributed by atoms with van der Waals surface area (Å²) in [6, 6.07) is 13.5. The molecule has 63 heavy (non-hydrogen) atoms. The lowest BCUT2D eigenvalue weighted by atomic mass is 9.98. The number of thiazole rings is 2. The van der Waals surface area contributed by atoms with Gasteiger partial charge in [0.05, 0.1) is 34.5 Å². The van der Waals surface area contributed by atoms with Crippen molar-refractivity contribution >= 4 is 56.3 Å². The molecule has 332 valence electrons. The highest BCUT2D eigenvalue weighted by Crippen LogP contribution is 2.37. The van der Waals surface area contributed by atoms with E-state index in [0.29, 0.717) is 0 Å². The fourth-order valence-electron chi connectivity index (χ4n) is 11.1. The van der Waals surface area contributed by atoms with Crippen LogP contribution in [0.15, 0.2) is 47.2 Å². The number of aryl methyl sites for hydroxylation is 2. The van der Waals surface area contributed by atoms with E-state index in [1.165, 1.54) is 70.0 Å². The van der Waals surface area contributed by atoms with Crippen LogP contribution in [0.3, 0.4) is 0 Å². The van der Waals surface area contributed by atoms with E-state index in [1.54, 1.807) is 22.7 Å². The number of nitrogens with zero attached hydrogens (tertiary/aromatic N) is 7. The van der Waals surface area contributed by atoms with Crippen molar-refractivity contribution in [1.29, 1.82) is 0 Å². The van der Waals surface area contributed by atoms with Crippen molar-refractivity contribution in [3.8, 4) is 0 Å². The Balaban J connectivity index is 0.000000152. The number of hydrogen-bond acceptors (Lipinski definition) is 8. The van der Waals surface area contributed by atoms with Crippen LogP contribution >= 0.6 is 22.7 Å². The van der Waals surface area contributed by atoms with Gasteiger partial charge in [0, 0.05) is 126 Å². The van der Waals surface area contributed by atoms with Gasteiger partial charge in [0.15, 0.2) is 0 Å². The fourth-order valence-corrected chi connectivity index (χ4v) is 12.3. The molecule has 1 saturated carbocycles. The molecule has 0 bridgehead atoms. The van der Waals surface area contributed by atoms with Crippen molar-refractivity contribution in [2.24, 2.45) is 11.8 Å². The minimum Gasteiger partial charge on any atom is -0.339 e. The first-order valence-corrected chi connectivity index (χ1v) is 25.6. The highest BCUT2D eigenvalue weighted by molar-refractivity contribution is 7.09. The summed E-state index contributed by atoms with van der Waals surface area (Å²) >= 11 is 3.43. The Bertz CT molecular complexity index is 2610. The summed E-state index contributed by atoms with van der Waals surface area (Å²) in [6.07, 6.45) is 11.9. The molecule has 12 heteroatoms. The molecule has 2 amide bonds. The van der Waals surface area contributed by atoms with Crippen LogP contribution in [-0.4, -0.2) is 90.9 Å². The Morgan fingerprint density at radius 3 is 1.68 bits per heavy atom. The van der Waals surface area contributed by atoms with Crippen LogP contribution < -0.4 is 5.32 Å². The van der Waals surface area contributed by atoms with E-state index in [-0.39, 0.29) is 11.8 Å². The Labute approximate surface area is 380 Å². The van der Waals surface area contributed by atoms with E-state index in [4.69, 9.17) is 4.98 Å². The maximum absolute atomic E-state index is 13.4. The molecule has 2 aromatic carbocycles. The van der Waals surface area contributed by atoms with Gasteiger partial charge in [-0.2, -0.15) is 0 Å².